The molecule has 24 heavy (non-hydrogen) atoms. The van der Waals surface area contributed by atoms with Crippen LogP contribution in [-0.2, 0) is 9.59 Å². The fourth-order valence-electron chi connectivity index (χ4n) is 3.94. The highest BCUT2D eigenvalue weighted by Gasteiger charge is 2.34. The monoisotopic (exact) mass is 337 g/mol. The zero-order valence-electron chi connectivity index (χ0n) is 14.5. The third kappa shape index (κ3) is 3.70. The van der Waals surface area contributed by atoms with Gasteiger partial charge in [0, 0.05) is 31.7 Å². The molecule has 3 aliphatic rings. The van der Waals surface area contributed by atoms with E-state index in [4.69, 9.17) is 0 Å². The molecule has 134 valence electrons. The minimum Gasteiger partial charge on any atom is -0.338 e. The van der Waals surface area contributed by atoms with Gasteiger partial charge in [-0.25, -0.2) is 4.79 Å². The zero-order chi connectivity index (χ0) is 17.3. The van der Waals surface area contributed by atoms with Gasteiger partial charge in [-0.1, -0.05) is 0 Å². The highest BCUT2D eigenvalue weighted by Crippen LogP contribution is 2.21. The first kappa shape index (κ1) is 17.2. The number of carbonyl (C=O) groups excluding carboxylic acids is 3. The maximum atomic E-state index is 12.4. The van der Waals surface area contributed by atoms with Gasteiger partial charge in [0.15, 0.2) is 0 Å². The van der Waals surface area contributed by atoms with Crippen molar-refractivity contribution in [2.24, 2.45) is 0 Å². The Bertz CT molecular complexity index is 518. The Morgan fingerprint density at radius 3 is 2.46 bits per heavy atom. The van der Waals surface area contributed by atoms with Crippen LogP contribution in [0.4, 0.5) is 4.79 Å². The summed E-state index contributed by atoms with van der Waals surface area (Å²) in [5.74, 6) is -0.414. The number of likely N-dealkylation sites (tertiary alicyclic amines) is 1. The number of amides is 4. The van der Waals surface area contributed by atoms with Crippen molar-refractivity contribution in [1.82, 2.24) is 24.9 Å². The fourth-order valence-corrected chi connectivity index (χ4v) is 3.94. The minimum atomic E-state index is -0.466. The standard InChI is InChI=1S/C16H27N5O3/c1-12-9-19(15(23)11-20-10-14(22)17-16(20)24)7-8-21(12)13-3-5-18(2)6-4-13/h12-13H,3-11H2,1-2H3,(H,17,22,24). The Morgan fingerprint density at radius 1 is 1.17 bits per heavy atom. The second-order valence-electron chi connectivity index (χ2n) is 7.17. The van der Waals surface area contributed by atoms with Crippen LogP contribution in [0.2, 0.25) is 0 Å². The molecule has 0 radical (unpaired) electrons. The number of hydrogen-bond donors (Lipinski definition) is 1. The number of rotatable bonds is 3. The van der Waals surface area contributed by atoms with E-state index in [2.05, 4.69) is 29.1 Å². The summed E-state index contributed by atoms with van der Waals surface area (Å²) >= 11 is 0. The maximum Gasteiger partial charge on any atom is 0.325 e. The number of carbonyl (C=O) groups is 3. The number of nitrogens with one attached hydrogen (secondary N) is 1. The molecule has 3 rings (SSSR count). The van der Waals surface area contributed by atoms with E-state index < -0.39 is 6.03 Å². The Hall–Kier alpha value is -1.67. The van der Waals surface area contributed by atoms with Crippen LogP contribution in [0.5, 0.6) is 0 Å². The smallest absolute Gasteiger partial charge is 0.325 e. The molecular formula is C16H27N5O3. The average molecular weight is 337 g/mol. The van der Waals surface area contributed by atoms with Crippen LogP contribution in [0.15, 0.2) is 0 Å². The van der Waals surface area contributed by atoms with Crippen LogP contribution < -0.4 is 5.32 Å². The van der Waals surface area contributed by atoms with Crippen molar-refractivity contribution in [1.29, 1.82) is 0 Å². The van der Waals surface area contributed by atoms with Crippen molar-refractivity contribution < 1.29 is 14.4 Å². The summed E-state index contributed by atoms with van der Waals surface area (Å²) in [5.41, 5.74) is 0. The topological polar surface area (TPSA) is 76.2 Å². The molecule has 0 aliphatic carbocycles. The molecule has 1 atom stereocenters. The molecule has 0 aromatic rings. The van der Waals surface area contributed by atoms with Gasteiger partial charge in [-0.15, -0.1) is 0 Å². The fraction of sp³-hybridized carbons (Fsp3) is 0.812. The number of piperazine rings is 1. The van der Waals surface area contributed by atoms with Crippen LogP contribution in [-0.4, -0.2) is 102 Å². The summed E-state index contributed by atoms with van der Waals surface area (Å²) in [4.78, 5) is 43.2. The summed E-state index contributed by atoms with van der Waals surface area (Å²) < 4.78 is 0. The maximum absolute atomic E-state index is 12.4. The number of nitrogens with zero attached hydrogens (tertiary/aromatic N) is 4. The average Bonchev–Trinajstić information content (AvgIpc) is 2.86. The first-order valence-electron chi connectivity index (χ1n) is 8.75. The molecule has 0 saturated carbocycles. The minimum absolute atomic E-state index is 0.0154. The van der Waals surface area contributed by atoms with E-state index in [1.165, 1.54) is 17.7 Å². The van der Waals surface area contributed by atoms with Gasteiger partial charge >= 0.3 is 6.03 Å². The van der Waals surface area contributed by atoms with Crippen LogP contribution >= 0.6 is 0 Å². The normalized spacial score (nSPS) is 27.7. The van der Waals surface area contributed by atoms with Crippen molar-refractivity contribution >= 4 is 17.8 Å². The third-order valence-electron chi connectivity index (χ3n) is 5.38. The van der Waals surface area contributed by atoms with Crippen molar-refractivity contribution in [3.63, 3.8) is 0 Å². The van der Waals surface area contributed by atoms with Gasteiger partial charge in [0.25, 0.3) is 0 Å². The van der Waals surface area contributed by atoms with Gasteiger partial charge in [0.1, 0.15) is 13.1 Å². The van der Waals surface area contributed by atoms with Crippen LogP contribution in [0.3, 0.4) is 0 Å². The van der Waals surface area contributed by atoms with Crippen molar-refractivity contribution in [3.8, 4) is 0 Å². The summed E-state index contributed by atoms with van der Waals surface area (Å²) in [6, 6.07) is 0.465. The highest BCUT2D eigenvalue weighted by molar-refractivity contribution is 6.03. The molecule has 3 aliphatic heterocycles. The molecule has 4 amide bonds. The quantitative estimate of drug-likeness (QED) is 0.680. The zero-order valence-corrected chi connectivity index (χ0v) is 14.5. The lowest BCUT2D eigenvalue weighted by atomic mass is 10.00. The molecule has 1 N–H and O–H groups in total. The number of urea groups is 1. The van der Waals surface area contributed by atoms with Crippen LogP contribution in [0, 0.1) is 0 Å². The molecule has 0 spiro atoms. The molecule has 3 heterocycles. The van der Waals surface area contributed by atoms with Gasteiger partial charge in [0.05, 0.1) is 0 Å². The van der Waals surface area contributed by atoms with Gasteiger partial charge in [-0.3, -0.25) is 19.8 Å². The second kappa shape index (κ2) is 7.06. The lowest BCUT2D eigenvalue weighted by Crippen LogP contribution is -2.59. The largest absolute Gasteiger partial charge is 0.338 e. The highest BCUT2D eigenvalue weighted by atomic mass is 16.2. The Kier molecular flexibility index (Phi) is 5.05. The van der Waals surface area contributed by atoms with E-state index in [-0.39, 0.29) is 24.9 Å². The molecule has 1 unspecified atom stereocenters. The third-order valence-corrected chi connectivity index (χ3v) is 5.38. The number of piperidine rings is 1. The van der Waals surface area contributed by atoms with Crippen LogP contribution in [0.1, 0.15) is 19.8 Å². The van der Waals surface area contributed by atoms with Crippen LogP contribution in [0.25, 0.3) is 0 Å². The molecule has 8 heteroatoms. The van der Waals surface area contributed by atoms with Crippen molar-refractivity contribution in [3.05, 3.63) is 0 Å². The Morgan fingerprint density at radius 2 is 1.88 bits per heavy atom. The van der Waals surface area contributed by atoms with Gasteiger partial charge in [-0.05, 0) is 39.9 Å². The molecule has 0 aromatic heterocycles. The lowest BCUT2D eigenvalue weighted by molar-refractivity contribution is -0.135. The second-order valence-corrected chi connectivity index (χ2v) is 7.17. The van der Waals surface area contributed by atoms with E-state index in [1.54, 1.807) is 0 Å². The van der Waals surface area contributed by atoms with E-state index in [9.17, 15) is 14.4 Å². The summed E-state index contributed by atoms with van der Waals surface area (Å²) in [6.45, 7) is 6.67. The summed E-state index contributed by atoms with van der Waals surface area (Å²) in [7, 11) is 2.16. The molecule has 0 aromatic carbocycles. The predicted octanol–water partition coefficient (Wildman–Crippen LogP) is -0.835. The van der Waals surface area contributed by atoms with E-state index in [1.807, 2.05) is 4.90 Å². The Labute approximate surface area is 142 Å². The Balaban J connectivity index is 1.50. The van der Waals surface area contributed by atoms with Gasteiger partial charge in [-0.2, -0.15) is 0 Å². The molecule has 8 nitrogen and oxygen atoms in total. The van der Waals surface area contributed by atoms with Crippen molar-refractivity contribution in [2.75, 3.05) is 52.9 Å². The van der Waals surface area contributed by atoms with E-state index >= 15 is 0 Å². The van der Waals surface area contributed by atoms with E-state index in [0.717, 1.165) is 19.6 Å². The molecule has 0 bridgehead atoms. The first-order valence-corrected chi connectivity index (χ1v) is 8.75. The summed E-state index contributed by atoms with van der Waals surface area (Å²) in [5, 5.41) is 2.20. The van der Waals surface area contributed by atoms with E-state index in [0.29, 0.717) is 25.2 Å². The van der Waals surface area contributed by atoms with Crippen molar-refractivity contribution in [2.45, 2.75) is 31.8 Å². The number of hydrogen-bond acceptors (Lipinski definition) is 5. The summed E-state index contributed by atoms with van der Waals surface area (Å²) in [6.07, 6.45) is 2.37. The number of imide groups is 1. The SMILES string of the molecule is CC1CN(C(=O)CN2CC(=O)NC2=O)CCN1C1CCN(C)CC1. The van der Waals surface area contributed by atoms with Gasteiger partial charge < -0.3 is 14.7 Å². The van der Waals surface area contributed by atoms with Gasteiger partial charge in [0.2, 0.25) is 11.8 Å². The predicted molar refractivity (Wildman–Crippen MR) is 88.4 cm³/mol. The molecule has 3 saturated heterocycles. The lowest BCUT2D eigenvalue weighted by Gasteiger charge is -2.46. The molecular weight excluding hydrogens is 310 g/mol. The first-order chi connectivity index (χ1) is 11.4. The molecule has 3 fully saturated rings.